The van der Waals surface area contributed by atoms with E-state index in [4.69, 9.17) is 4.74 Å². The summed E-state index contributed by atoms with van der Waals surface area (Å²) in [6.45, 7) is 4.95. The molecule has 2 aromatic carbocycles. The highest BCUT2D eigenvalue weighted by Crippen LogP contribution is 2.26. The van der Waals surface area contributed by atoms with Crippen LogP contribution in [0.3, 0.4) is 0 Å². The van der Waals surface area contributed by atoms with Gasteiger partial charge in [0.05, 0.1) is 6.61 Å². The summed E-state index contributed by atoms with van der Waals surface area (Å²) < 4.78 is 7.65. The first-order chi connectivity index (χ1) is 15.0. The van der Waals surface area contributed by atoms with Gasteiger partial charge in [0.15, 0.2) is 0 Å². The molecule has 4 rings (SSSR count). The lowest BCUT2D eigenvalue weighted by atomic mass is 10.2. The number of hydrogen-bond donors (Lipinski definition) is 1. The molecule has 0 spiro atoms. The Labute approximate surface area is 178 Å². The minimum atomic E-state index is -0.823. The second kappa shape index (κ2) is 8.47. The van der Waals surface area contributed by atoms with Crippen LogP contribution in [0.2, 0.25) is 0 Å². The predicted octanol–water partition coefficient (Wildman–Crippen LogP) is 1.90. The van der Waals surface area contributed by atoms with Crippen LogP contribution >= 0.6 is 0 Å². The number of ether oxygens (including phenoxy) is 1. The van der Waals surface area contributed by atoms with Crippen molar-refractivity contribution in [2.75, 3.05) is 23.4 Å². The first-order valence-corrected chi connectivity index (χ1v) is 10.0. The van der Waals surface area contributed by atoms with Crippen molar-refractivity contribution in [1.29, 1.82) is 0 Å². The Hall–Kier alpha value is -3.88. The molecule has 160 valence electrons. The number of fused-ring (bicyclic) bond motifs is 1. The molecule has 0 saturated heterocycles. The first kappa shape index (κ1) is 20.4. The highest BCUT2D eigenvalue weighted by Gasteiger charge is 2.26. The highest BCUT2D eigenvalue weighted by atomic mass is 16.5. The van der Waals surface area contributed by atoms with E-state index in [0.29, 0.717) is 37.1 Å². The fourth-order valence-electron chi connectivity index (χ4n) is 3.44. The molecule has 3 aromatic rings. The Bertz CT molecular complexity index is 1210. The number of nitrogens with zero attached hydrogens (tertiary/aromatic N) is 4. The van der Waals surface area contributed by atoms with Crippen LogP contribution in [0.15, 0.2) is 58.1 Å². The minimum Gasteiger partial charge on any atom is -0.494 e. The molecule has 0 fully saturated rings. The number of carbonyl (C=O) groups excluding carboxylic acids is 1. The number of hydrogen-bond acceptors (Lipinski definition) is 6. The molecule has 9 heteroatoms. The second-order valence-corrected chi connectivity index (χ2v) is 7.21. The van der Waals surface area contributed by atoms with Gasteiger partial charge in [-0.2, -0.15) is 0 Å². The zero-order valence-corrected chi connectivity index (χ0v) is 17.4. The molecule has 0 aliphatic carbocycles. The van der Waals surface area contributed by atoms with Crippen molar-refractivity contribution < 1.29 is 9.53 Å². The van der Waals surface area contributed by atoms with E-state index < -0.39 is 17.0 Å². The molecule has 1 aromatic heterocycles. The van der Waals surface area contributed by atoms with Gasteiger partial charge >= 0.3 is 11.1 Å². The number of anilines is 3. The molecule has 0 atom stereocenters. The number of benzene rings is 2. The molecule has 0 radical (unpaired) electrons. The lowest BCUT2D eigenvalue weighted by Crippen LogP contribution is -2.44. The van der Waals surface area contributed by atoms with Crippen molar-refractivity contribution in [3.63, 3.8) is 0 Å². The Balaban J connectivity index is 1.56. The van der Waals surface area contributed by atoms with Crippen molar-refractivity contribution >= 4 is 23.2 Å². The van der Waals surface area contributed by atoms with Gasteiger partial charge in [-0.05, 0) is 50.2 Å². The van der Waals surface area contributed by atoms with E-state index >= 15 is 0 Å². The summed E-state index contributed by atoms with van der Waals surface area (Å²) in [5.74, 6) is 0.589. The van der Waals surface area contributed by atoms with E-state index in [1.54, 1.807) is 24.3 Å². The molecule has 31 heavy (non-hydrogen) atoms. The maximum atomic E-state index is 12.6. The average molecular weight is 421 g/mol. The third-order valence-electron chi connectivity index (χ3n) is 4.99. The van der Waals surface area contributed by atoms with Gasteiger partial charge in [-0.3, -0.25) is 19.0 Å². The average Bonchev–Trinajstić information content (AvgIpc) is 3.18. The first-order valence-electron chi connectivity index (χ1n) is 10.0. The number of nitrogens with one attached hydrogen (secondary N) is 1. The molecule has 1 N–H and O–H groups in total. The fraction of sp³-hybridized carbons (Fsp3) is 0.273. The largest absolute Gasteiger partial charge is 0.494 e. The summed E-state index contributed by atoms with van der Waals surface area (Å²) in [4.78, 5) is 39.4. The molecular weight excluding hydrogens is 398 g/mol. The maximum Gasteiger partial charge on any atom is 0.333 e. The van der Waals surface area contributed by atoms with Gasteiger partial charge in [0.1, 0.15) is 12.3 Å². The smallest absolute Gasteiger partial charge is 0.333 e. The Morgan fingerprint density at radius 3 is 2.42 bits per heavy atom. The van der Waals surface area contributed by atoms with Gasteiger partial charge < -0.3 is 15.0 Å². The van der Waals surface area contributed by atoms with Gasteiger partial charge in [0.2, 0.25) is 11.9 Å². The third kappa shape index (κ3) is 4.20. The SMILES string of the molecule is CCOc1ccc(NC(=O)Cn2nc3n(c(=O)c2=O)CCN3c2ccc(C)cc2)cc1. The van der Waals surface area contributed by atoms with E-state index in [0.717, 1.165) is 15.9 Å². The predicted molar refractivity (Wildman–Crippen MR) is 117 cm³/mol. The summed E-state index contributed by atoms with van der Waals surface area (Å²) in [5.41, 5.74) is 1.03. The molecule has 0 unspecified atom stereocenters. The molecule has 2 heterocycles. The highest BCUT2D eigenvalue weighted by molar-refractivity contribution is 5.90. The van der Waals surface area contributed by atoms with E-state index in [2.05, 4.69) is 10.4 Å². The van der Waals surface area contributed by atoms with Crippen LogP contribution < -0.4 is 26.1 Å². The zero-order chi connectivity index (χ0) is 22.0. The lowest BCUT2D eigenvalue weighted by molar-refractivity contribution is -0.117. The van der Waals surface area contributed by atoms with Crippen LogP contribution in [0.4, 0.5) is 17.3 Å². The number of carbonyl (C=O) groups is 1. The second-order valence-electron chi connectivity index (χ2n) is 7.21. The van der Waals surface area contributed by atoms with Crippen molar-refractivity contribution in [2.24, 2.45) is 0 Å². The van der Waals surface area contributed by atoms with Crippen LogP contribution in [0.5, 0.6) is 5.75 Å². The Kier molecular flexibility index (Phi) is 5.57. The summed E-state index contributed by atoms with van der Waals surface area (Å²) in [5, 5.41) is 7.03. The van der Waals surface area contributed by atoms with Crippen molar-refractivity contribution in [3.8, 4) is 5.75 Å². The van der Waals surface area contributed by atoms with Crippen molar-refractivity contribution in [2.45, 2.75) is 26.9 Å². The zero-order valence-electron chi connectivity index (χ0n) is 17.4. The summed E-state index contributed by atoms with van der Waals surface area (Å²) >= 11 is 0. The van der Waals surface area contributed by atoms with Crippen LogP contribution in [-0.4, -0.2) is 33.4 Å². The van der Waals surface area contributed by atoms with Gasteiger partial charge in [0, 0.05) is 24.5 Å². The summed E-state index contributed by atoms with van der Waals surface area (Å²) in [7, 11) is 0. The molecule has 1 aliphatic rings. The van der Waals surface area contributed by atoms with Crippen molar-refractivity contribution in [3.05, 3.63) is 74.8 Å². The third-order valence-corrected chi connectivity index (χ3v) is 4.99. The van der Waals surface area contributed by atoms with Crippen LogP contribution in [0.1, 0.15) is 12.5 Å². The lowest BCUT2D eigenvalue weighted by Gasteiger charge is -2.18. The number of aryl methyl sites for hydroxylation is 1. The van der Waals surface area contributed by atoms with E-state index in [1.165, 1.54) is 4.57 Å². The number of amides is 1. The summed E-state index contributed by atoms with van der Waals surface area (Å²) in [6, 6.07) is 14.7. The summed E-state index contributed by atoms with van der Waals surface area (Å²) in [6.07, 6.45) is 0. The van der Waals surface area contributed by atoms with Gasteiger partial charge in [-0.25, -0.2) is 4.68 Å². The Morgan fingerprint density at radius 2 is 1.74 bits per heavy atom. The quantitative estimate of drug-likeness (QED) is 0.611. The Morgan fingerprint density at radius 1 is 1.03 bits per heavy atom. The van der Waals surface area contributed by atoms with E-state index in [-0.39, 0.29) is 6.54 Å². The topological polar surface area (TPSA) is 98.5 Å². The van der Waals surface area contributed by atoms with Crippen LogP contribution in [-0.2, 0) is 17.9 Å². The van der Waals surface area contributed by atoms with Gasteiger partial charge in [0.25, 0.3) is 0 Å². The molecule has 9 nitrogen and oxygen atoms in total. The van der Waals surface area contributed by atoms with Crippen LogP contribution in [0, 0.1) is 6.92 Å². The molecule has 1 amide bonds. The maximum absolute atomic E-state index is 12.6. The number of rotatable bonds is 6. The minimum absolute atomic E-state index is 0.349. The normalized spacial score (nSPS) is 12.5. The van der Waals surface area contributed by atoms with Crippen LogP contribution in [0.25, 0.3) is 0 Å². The molecular formula is C22H23N5O4. The standard InChI is InChI=1S/C22H23N5O4/c1-3-31-18-10-6-16(7-11-18)23-19(28)14-27-21(30)20(29)26-13-12-25(22(26)24-27)17-8-4-15(2)5-9-17/h4-11H,3,12-14H2,1-2H3,(H,23,28). The number of aromatic nitrogens is 3. The fourth-order valence-corrected chi connectivity index (χ4v) is 3.44. The van der Waals surface area contributed by atoms with Gasteiger partial charge in [-0.15, -0.1) is 5.10 Å². The monoisotopic (exact) mass is 421 g/mol. The molecule has 0 bridgehead atoms. The van der Waals surface area contributed by atoms with Gasteiger partial charge in [-0.1, -0.05) is 17.7 Å². The van der Waals surface area contributed by atoms with E-state index in [1.807, 2.05) is 43.0 Å². The van der Waals surface area contributed by atoms with E-state index in [9.17, 15) is 14.4 Å². The molecule has 1 aliphatic heterocycles. The van der Waals surface area contributed by atoms with Crippen molar-refractivity contribution in [1.82, 2.24) is 14.3 Å². The molecule has 0 saturated carbocycles.